The third kappa shape index (κ3) is 3.84. The number of carbonyl (C=O) groups is 1. The monoisotopic (exact) mass is 349 g/mol. The van der Waals surface area contributed by atoms with E-state index in [9.17, 15) is 26.4 Å². The molecule has 23 heavy (non-hydrogen) atoms. The summed E-state index contributed by atoms with van der Waals surface area (Å²) >= 11 is 0. The van der Waals surface area contributed by atoms with Crippen LogP contribution >= 0.6 is 0 Å². The molecule has 2 rings (SSSR count). The van der Waals surface area contributed by atoms with E-state index >= 15 is 0 Å². The number of nitrogens with zero attached hydrogens (tertiary/aromatic N) is 3. The van der Waals surface area contributed by atoms with Crippen molar-refractivity contribution in [3.63, 3.8) is 0 Å². The number of amides is 1. The maximum atomic E-state index is 12.5. The zero-order valence-electron chi connectivity index (χ0n) is 11.3. The second kappa shape index (κ2) is 5.62. The van der Waals surface area contributed by atoms with Gasteiger partial charge in [0.2, 0.25) is 15.9 Å². The Morgan fingerprint density at radius 3 is 2.43 bits per heavy atom. The Labute approximate surface area is 128 Å². The topological polar surface area (TPSA) is 134 Å². The number of alkyl halides is 3. The molecule has 124 valence electrons. The van der Waals surface area contributed by atoms with Gasteiger partial charge in [-0.05, 0) is 17.7 Å². The molecule has 1 aromatic carbocycles. The van der Waals surface area contributed by atoms with Crippen molar-refractivity contribution in [3.8, 4) is 5.69 Å². The van der Waals surface area contributed by atoms with Gasteiger partial charge >= 0.3 is 6.18 Å². The van der Waals surface area contributed by atoms with Crippen LogP contribution < -0.4 is 10.9 Å². The highest BCUT2D eigenvalue weighted by Crippen LogP contribution is 2.27. The maximum Gasteiger partial charge on any atom is 0.453 e. The van der Waals surface area contributed by atoms with E-state index in [4.69, 9.17) is 10.9 Å². The summed E-state index contributed by atoms with van der Waals surface area (Å²) in [6.07, 6.45) is -4.33. The van der Waals surface area contributed by atoms with Crippen LogP contribution in [0.25, 0.3) is 5.69 Å². The van der Waals surface area contributed by atoms with Gasteiger partial charge in [0.05, 0.1) is 12.1 Å². The first-order valence-electron chi connectivity index (χ1n) is 5.92. The normalized spacial score (nSPS) is 12.3. The fourth-order valence-corrected chi connectivity index (χ4v) is 2.56. The average molecular weight is 349 g/mol. The van der Waals surface area contributed by atoms with E-state index in [1.807, 2.05) is 0 Å². The fourth-order valence-electron chi connectivity index (χ4n) is 1.80. The van der Waals surface area contributed by atoms with Crippen LogP contribution in [-0.4, -0.2) is 29.1 Å². The second-order valence-electron chi connectivity index (χ2n) is 4.50. The molecule has 1 heterocycles. The van der Waals surface area contributed by atoms with E-state index in [-0.39, 0.29) is 17.7 Å². The molecule has 12 heteroatoms. The van der Waals surface area contributed by atoms with E-state index in [1.165, 1.54) is 6.07 Å². The Balaban J connectivity index is 2.58. The second-order valence-corrected chi connectivity index (χ2v) is 6.03. The Morgan fingerprint density at radius 1 is 1.30 bits per heavy atom. The molecule has 8 nitrogen and oxygen atoms in total. The van der Waals surface area contributed by atoms with Crippen LogP contribution in [0.5, 0.6) is 0 Å². The number of primary amides is 1. The van der Waals surface area contributed by atoms with Gasteiger partial charge in [-0.25, -0.2) is 23.2 Å². The number of primary sulfonamides is 1. The summed E-state index contributed by atoms with van der Waals surface area (Å²) in [7, 11) is -4.29. The van der Waals surface area contributed by atoms with Gasteiger partial charge in [-0.1, -0.05) is 6.07 Å². The molecule has 0 saturated carbocycles. The lowest BCUT2D eigenvalue weighted by Crippen LogP contribution is -2.18. The predicted molar refractivity (Wildman–Crippen MR) is 70.6 cm³/mol. The lowest BCUT2D eigenvalue weighted by atomic mass is 10.1. The number of rotatable bonds is 4. The molecule has 0 radical (unpaired) electrons. The summed E-state index contributed by atoms with van der Waals surface area (Å²) in [4.78, 5) is 13.5. The highest BCUT2D eigenvalue weighted by Gasteiger charge is 2.36. The maximum absolute atomic E-state index is 12.5. The zero-order valence-corrected chi connectivity index (χ0v) is 12.1. The van der Waals surface area contributed by atoms with Crippen LogP contribution in [0.3, 0.4) is 0 Å². The highest BCUT2D eigenvalue weighted by molar-refractivity contribution is 7.89. The van der Waals surface area contributed by atoms with Gasteiger partial charge < -0.3 is 5.73 Å². The summed E-state index contributed by atoms with van der Waals surface area (Å²) in [5.41, 5.74) is 5.02. The quantitative estimate of drug-likeness (QED) is 0.799. The number of hydrogen-bond acceptors (Lipinski definition) is 5. The lowest BCUT2D eigenvalue weighted by molar-refractivity contribution is -0.144. The van der Waals surface area contributed by atoms with Crippen molar-refractivity contribution in [2.45, 2.75) is 17.5 Å². The molecule has 4 N–H and O–H groups in total. The number of halogens is 3. The van der Waals surface area contributed by atoms with Crippen LogP contribution in [0.2, 0.25) is 0 Å². The molecule has 0 fully saturated rings. The number of benzene rings is 1. The lowest BCUT2D eigenvalue weighted by Gasteiger charge is -2.09. The molecule has 0 saturated heterocycles. The molecule has 0 aliphatic heterocycles. The molecule has 2 aromatic rings. The van der Waals surface area contributed by atoms with Crippen molar-refractivity contribution in [3.05, 3.63) is 35.9 Å². The van der Waals surface area contributed by atoms with Gasteiger partial charge in [-0.2, -0.15) is 13.2 Å². The van der Waals surface area contributed by atoms with Gasteiger partial charge in [0, 0.05) is 0 Å². The molecule has 0 atom stereocenters. The van der Waals surface area contributed by atoms with E-state index in [2.05, 4.69) is 10.1 Å². The van der Waals surface area contributed by atoms with Gasteiger partial charge in [-0.15, -0.1) is 5.10 Å². The predicted octanol–water partition coefficient (Wildman–Crippen LogP) is -0.0387. The van der Waals surface area contributed by atoms with Gasteiger partial charge in [-0.3, -0.25) is 4.79 Å². The summed E-state index contributed by atoms with van der Waals surface area (Å²) in [5.74, 6) is -2.14. The zero-order chi connectivity index (χ0) is 17.4. The number of aromatic nitrogens is 3. The number of nitrogens with two attached hydrogens (primary N) is 2. The van der Waals surface area contributed by atoms with Crippen molar-refractivity contribution in [1.82, 2.24) is 14.8 Å². The van der Waals surface area contributed by atoms with E-state index in [0.717, 1.165) is 12.1 Å². The van der Waals surface area contributed by atoms with Crippen LogP contribution in [0.1, 0.15) is 11.4 Å². The molecule has 0 unspecified atom stereocenters. The molecule has 0 aliphatic carbocycles. The van der Waals surface area contributed by atoms with Crippen LogP contribution in [-0.2, 0) is 27.4 Å². The molecule has 0 spiro atoms. The summed E-state index contributed by atoms with van der Waals surface area (Å²) in [6.45, 7) is 0. The third-order valence-electron chi connectivity index (χ3n) is 2.70. The number of sulfonamides is 1. The molecule has 1 aromatic heterocycles. The minimum absolute atomic E-state index is 0.233. The molecule has 0 bridgehead atoms. The average Bonchev–Trinajstić information content (AvgIpc) is 2.86. The van der Waals surface area contributed by atoms with E-state index in [1.54, 1.807) is 0 Å². The summed E-state index contributed by atoms with van der Waals surface area (Å²) < 4.78 is 61.5. The van der Waals surface area contributed by atoms with Gasteiger partial charge in [0.25, 0.3) is 5.82 Å². The fraction of sp³-hybridized carbons (Fsp3) is 0.182. The first-order chi connectivity index (χ1) is 10.5. The molecular weight excluding hydrogens is 339 g/mol. The summed E-state index contributed by atoms with van der Waals surface area (Å²) in [6, 6.07) is 3.53. The Kier molecular flexibility index (Phi) is 4.13. The van der Waals surface area contributed by atoms with Crippen LogP contribution in [0.4, 0.5) is 13.2 Å². The Bertz CT molecular complexity index is 860. The van der Waals surface area contributed by atoms with Crippen molar-refractivity contribution < 1.29 is 26.4 Å². The minimum atomic E-state index is -4.78. The molecule has 1 amide bonds. The standard InChI is InChI=1S/C11H10F3N5O3S/c12-11(13,14)10-17-5-19(18-10)7-2-1-6(4-9(15)20)3-8(7)23(16,21)22/h1-3,5H,4H2,(H2,15,20)(H2,16,21,22). The van der Waals surface area contributed by atoms with Gasteiger partial charge in [0.15, 0.2) is 0 Å². The highest BCUT2D eigenvalue weighted by atomic mass is 32.2. The van der Waals surface area contributed by atoms with Crippen molar-refractivity contribution in [1.29, 1.82) is 0 Å². The Morgan fingerprint density at radius 2 is 1.96 bits per heavy atom. The molecule has 0 aliphatic rings. The smallest absolute Gasteiger partial charge is 0.369 e. The first-order valence-corrected chi connectivity index (χ1v) is 7.46. The third-order valence-corrected chi connectivity index (χ3v) is 3.64. The Hall–Kier alpha value is -2.47. The molecular formula is C11H10F3N5O3S. The van der Waals surface area contributed by atoms with E-state index in [0.29, 0.717) is 11.0 Å². The summed E-state index contributed by atoms with van der Waals surface area (Å²) in [5, 5.41) is 8.24. The van der Waals surface area contributed by atoms with Crippen LogP contribution in [0, 0.1) is 0 Å². The SMILES string of the molecule is NC(=O)Cc1ccc(-n2cnc(C(F)(F)F)n2)c(S(N)(=O)=O)c1. The van der Waals surface area contributed by atoms with Crippen molar-refractivity contribution >= 4 is 15.9 Å². The van der Waals surface area contributed by atoms with Crippen LogP contribution in [0.15, 0.2) is 29.4 Å². The number of hydrogen-bond donors (Lipinski definition) is 2. The van der Waals surface area contributed by atoms with Crippen molar-refractivity contribution in [2.24, 2.45) is 10.9 Å². The first kappa shape index (κ1) is 16.9. The largest absolute Gasteiger partial charge is 0.453 e. The number of carbonyl (C=O) groups excluding carboxylic acids is 1. The minimum Gasteiger partial charge on any atom is -0.369 e. The van der Waals surface area contributed by atoms with E-state index < -0.39 is 32.8 Å². The van der Waals surface area contributed by atoms with Crippen molar-refractivity contribution in [2.75, 3.05) is 0 Å². The van der Waals surface area contributed by atoms with Gasteiger partial charge in [0.1, 0.15) is 11.2 Å².